The van der Waals surface area contributed by atoms with E-state index in [9.17, 15) is 4.79 Å². The lowest BCUT2D eigenvalue weighted by molar-refractivity contribution is -0.873. The number of halogens is 1. The van der Waals surface area contributed by atoms with Crippen molar-refractivity contribution in [1.29, 1.82) is 0 Å². The largest absolute Gasteiger partial charge is 1.00 e. The molecule has 1 heterocycles. The van der Waals surface area contributed by atoms with Crippen LogP contribution in [0, 0.1) is 0 Å². The second kappa shape index (κ2) is 4.23. The zero-order chi connectivity index (χ0) is 8.48. The summed E-state index contributed by atoms with van der Waals surface area (Å²) in [5.74, 6) is -0.0385. The van der Waals surface area contributed by atoms with Gasteiger partial charge in [0.05, 0.1) is 21.1 Å². The molecule has 0 aromatic rings. The number of esters is 1. The smallest absolute Gasteiger partial charge is 0.306 e. The molecule has 1 atom stereocenters. The minimum absolute atomic E-state index is 0. The van der Waals surface area contributed by atoms with Gasteiger partial charge >= 0.3 is 5.97 Å². The molecule has 1 aliphatic heterocycles. The Morgan fingerprint density at radius 1 is 1.50 bits per heavy atom. The maximum Gasteiger partial charge on any atom is 0.306 e. The average molecular weight is 238 g/mol. The van der Waals surface area contributed by atoms with Gasteiger partial charge in [0.25, 0.3) is 0 Å². The molecule has 0 aromatic heterocycles. The van der Waals surface area contributed by atoms with Crippen LogP contribution in [0.3, 0.4) is 0 Å². The van der Waals surface area contributed by atoms with Crippen molar-refractivity contribution >= 4 is 5.97 Å². The maximum atomic E-state index is 10.7. The summed E-state index contributed by atoms with van der Waals surface area (Å²) in [6, 6.07) is 0. The first-order valence-corrected chi connectivity index (χ1v) is 3.97. The summed E-state index contributed by atoms with van der Waals surface area (Å²) >= 11 is 0. The van der Waals surface area contributed by atoms with Crippen LogP contribution in [0.1, 0.15) is 12.8 Å². The summed E-state index contributed by atoms with van der Waals surface area (Å²) in [5.41, 5.74) is 0. The number of quaternary nitrogens is 1. The minimum atomic E-state index is -0.0385. The van der Waals surface area contributed by atoms with Crippen LogP contribution < -0.4 is 17.0 Å². The Kier molecular flexibility index (Phi) is 4.20. The number of cyclic esters (lactones) is 1. The van der Waals surface area contributed by atoms with Crippen LogP contribution in [0.5, 0.6) is 0 Å². The first-order chi connectivity index (χ1) is 4.97. The van der Waals surface area contributed by atoms with Gasteiger partial charge in [0.15, 0.2) is 6.10 Å². The predicted octanol–water partition coefficient (Wildman–Crippen LogP) is -2.60. The van der Waals surface area contributed by atoms with Crippen molar-refractivity contribution in [3.05, 3.63) is 0 Å². The molecular formula is C8H16BrNO2. The van der Waals surface area contributed by atoms with Gasteiger partial charge in [0.1, 0.15) is 6.54 Å². The number of carbonyl (C=O) groups is 1. The van der Waals surface area contributed by atoms with Gasteiger partial charge < -0.3 is 26.2 Å². The van der Waals surface area contributed by atoms with Crippen molar-refractivity contribution in [3.8, 4) is 0 Å². The lowest BCUT2D eigenvalue weighted by atomic mass is 10.2. The highest BCUT2D eigenvalue weighted by Gasteiger charge is 2.27. The number of hydrogen-bond donors (Lipinski definition) is 0. The van der Waals surface area contributed by atoms with Gasteiger partial charge in [-0.25, -0.2) is 0 Å². The Hall–Kier alpha value is -0.0900. The van der Waals surface area contributed by atoms with Crippen LogP contribution in [-0.2, 0) is 9.53 Å². The third-order valence-corrected chi connectivity index (χ3v) is 1.72. The third-order valence-electron chi connectivity index (χ3n) is 1.72. The number of likely N-dealkylation sites (N-methyl/N-ethyl adjacent to an activating group) is 1. The molecule has 72 valence electrons. The fourth-order valence-electron chi connectivity index (χ4n) is 1.32. The molecule has 3 nitrogen and oxygen atoms in total. The second-order valence-corrected chi connectivity index (χ2v) is 4.12. The van der Waals surface area contributed by atoms with Crippen LogP contribution in [-0.4, -0.2) is 44.2 Å². The van der Waals surface area contributed by atoms with Gasteiger partial charge in [-0.3, -0.25) is 4.79 Å². The summed E-state index contributed by atoms with van der Waals surface area (Å²) in [5, 5.41) is 0. The highest BCUT2D eigenvalue weighted by atomic mass is 79.9. The summed E-state index contributed by atoms with van der Waals surface area (Å²) < 4.78 is 5.94. The molecular weight excluding hydrogens is 222 g/mol. The van der Waals surface area contributed by atoms with Crippen LogP contribution in [0.25, 0.3) is 0 Å². The van der Waals surface area contributed by atoms with Crippen molar-refractivity contribution < 1.29 is 31.0 Å². The summed E-state index contributed by atoms with van der Waals surface area (Å²) in [7, 11) is 6.31. The standard InChI is InChI=1S/C8H16NO2.BrH/c1-9(2,3)6-7-4-5-8(10)11-7;/h7H,4-6H2,1-3H3;1H/q+1;/p-1/t7-;/m0./s1. The fraction of sp³-hybridized carbons (Fsp3) is 0.875. The van der Waals surface area contributed by atoms with E-state index >= 15 is 0 Å². The van der Waals surface area contributed by atoms with E-state index in [2.05, 4.69) is 21.1 Å². The SMILES string of the molecule is C[N+](C)(C)C[C@@H]1CCC(=O)O1.[Br-]. The molecule has 0 unspecified atom stereocenters. The topological polar surface area (TPSA) is 26.3 Å². The molecule has 4 heteroatoms. The molecule has 0 radical (unpaired) electrons. The molecule has 0 saturated carbocycles. The molecule has 0 aliphatic carbocycles. The molecule has 1 rings (SSSR count). The van der Waals surface area contributed by atoms with E-state index in [-0.39, 0.29) is 29.1 Å². The highest BCUT2D eigenvalue weighted by Crippen LogP contribution is 2.15. The Morgan fingerprint density at radius 2 is 2.08 bits per heavy atom. The van der Waals surface area contributed by atoms with E-state index in [0.29, 0.717) is 6.42 Å². The van der Waals surface area contributed by atoms with Gasteiger partial charge in [-0.15, -0.1) is 0 Å². The van der Waals surface area contributed by atoms with E-state index in [0.717, 1.165) is 17.4 Å². The normalized spacial score (nSPS) is 23.2. The zero-order valence-corrected chi connectivity index (χ0v) is 9.43. The molecule has 1 fully saturated rings. The summed E-state index contributed by atoms with van der Waals surface area (Å²) in [4.78, 5) is 10.7. The van der Waals surface area contributed by atoms with Gasteiger partial charge in [0.2, 0.25) is 0 Å². The van der Waals surface area contributed by atoms with Gasteiger partial charge in [-0.2, -0.15) is 0 Å². The summed E-state index contributed by atoms with van der Waals surface area (Å²) in [6.07, 6.45) is 1.65. The molecule has 1 saturated heterocycles. The molecule has 0 spiro atoms. The monoisotopic (exact) mass is 237 g/mol. The molecule has 0 N–H and O–H groups in total. The van der Waals surface area contributed by atoms with E-state index in [1.807, 2.05) is 0 Å². The van der Waals surface area contributed by atoms with Gasteiger partial charge in [0, 0.05) is 12.8 Å². The summed E-state index contributed by atoms with van der Waals surface area (Å²) in [6.45, 7) is 0.922. The van der Waals surface area contributed by atoms with E-state index in [1.165, 1.54) is 0 Å². The van der Waals surface area contributed by atoms with E-state index < -0.39 is 0 Å². The van der Waals surface area contributed by atoms with Crippen molar-refractivity contribution in [2.45, 2.75) is 18.9 Å². The number of rotatable bonds is 2. The quantitative estimate of drug-likeness (QED) is 0.389. The number of carbonyl (C=O) groups excluding carboxylic acids is 1. The van der Waals surface area contributed by atoms with Crippen LogP contribution >= 0.6 is 0 Å². The molecule has 0 amide bonds. The molecule has 0 aromatic carbocycles. The fourth-order valence-corrected chi connectivity index (χ4v) is 1.32. The van der Waals surface area contributed by atoms with Gasteiger partial charge in [-0.1, -0.05) is 0 Å². The first-order valence-electron chi connectivity index (χ1n) is 3.97. The van der Waals surface area contributed by atoms with Gasteiger partial charge in [-0.05, 0) is 0 Å². The average Bonchev–Trinajstić information content (AvgIpc) is 2.10. The van der Waals surface area contributed by atoms with Crippen molar-refractivity contribution in [1.82, 2.24) is 0 Å². The lowest BCUT2D eigenvalue weighted by Crippen LogP contribution is -3.00. The van der Waals surface area contributed by atoms with E-state index in [1.54, 1.807) is 0 Å². The second-order valence-electron chi connectivity index (χ2n) is 4.12. The predicted molar refractivity (Wildman–Crippen MR) is 42.0 cm³/mol. The Bertz CT molecular complexity index is 165. The van der Waals surface area contributed by atoms with Crippen LogP contribution in [0.15, 0.2) is 0 Å². The maximum absolute atomic E-state index is 10.7. The Morgan fingerprint density at radius 3 is 2.42 bits per heavy atom. The minimum Gasteiger partial charge on any atom is -1.00 e. The third kappa shape index (κ3) is 4.07. The van der Waals surface area contributed by atoms with Crippen molar-refractivity contribution in [3.63, 3.8) is 0 Å². The Labute approximate surface area is 84.0 Å². The van der Waals surface area contributed by atoms with Crippen molar-refractivity contribution in [2.75, 3.05) is 27.7 Å². The lowest BCUT2D eigenvalue weighted by Gasteiger charge is -2.26. The Balaban J connectivity index is 0.00000121. The number of nitrogens with zero attached hydrogens (tertiary/aromatic N) is 1. The van der Waals surface area contributed by atoms with Crippen LogP contribution in [0.2, 0.25) is 0 Å². The molecule has 1 aliphatic rings. The molecule has 0 bridgehead atoms. The molecule has 12 heavy (non-hydrogen) atoms. The van der Waals surface area contributed by atoms with Crippen molar-refractivity contribution in [2.24, 2.45) is 0 Å². The number of hydrogen-bond acceptors (Lipinski definition) is 2. The zero-order valence-electron chi connectivity index (χ0n) is 7.84. The van der Waals surface area contributed by atoms with Crippen LogP contribution in [0.4, 0.5) is 0 Å². The van der Waals surface area contributed by atoms with E-state index in [4.69, 9.17) is 4.74 Å². The number of ether oxygens (including phenoxy) is 1. The first kappa shape index (κ1) is 11.9. The highest BCUT2D eigenvalue weighted by molar-refractivity contribution is 5.71.